The van der Waals surface area contributed by atoms with Crippen LogP contribution in [0, 0.1) is 0 Å². The standard InChI is InChI=1S/C21H16ClN3O3/c22-17(27)9-14-20-19(16(26)10-24-14)18-13(21(23)28)7-4-8-15(18)25(20)11-12-5-2-1-3-6-12/h1-8H,9-11H2,(H2,23,28). The Labute approximate surface area is 165 Å². The Morgan fingerprint density at radius 1 is 1.11 bits per heavy atom. The highest BCUT2D eigenvalue weighted by molar-refractivity contribution is 6.65. The van der Waals surface area contributed by atoms with E-state index in [-0.39, 0.29) is 24.3 Å². The number of halogens is 1. The highest BCUT2D eigenvalue weighted by atomic mass is 35.5. The van der Waals surface area contributed by atoms with Gasteiger partial charge in [0.1, 0.15) is 6.54 Å². The molecule has 1 aliphatic heterocycles. The molecular weight excluding hydrogens is 378 g/mol. The number of carbonyl (C=O) groups is 3. The van der Waals surface area contributed by atoms with Crippen LogP contribution in [-0.4, -0.2) is 33.8 Å². The quantitative estimate of drug-likeness (QED) is 0.675. The number of aromatic nitrogens is 1. The van der Waals surface area contributed by atoms with Crippen molar-refractivity contribution < 1.29 is 14.4 Å². The summed E-state index contributed by atoms with van der Waals surface area (Å²) in [4.78, 5) is 40.7. The van der Waals surface area contributed by atoms with Gasteiger partial charge >= 0.3 is 0 Å². The maximum Gasteiger partial charge on any atom is 0.249 e. The topological polar surface area (TPSA) is 94.5 Å². The second-order valence-electron chi connectivity index (χ2n) is 6.58. The molecule has 0 radical (unpaired) electrons. The highest BCUT2D eigenvalue weighted by Gasteiger charge is 2.31. The van der Waals surface area contributed by atoms with Crippen LogP contribution < -0.4 is 5.73 Å². The number of fused-ring (bicyclic) bond motifs is 3. The Morgan fingerprint density at radius 2 is 1.86 bits per heavy atom. The summed E-state index contributed by atoms with van der Waals surface area (Å²) in [5.41, 5.74) is 8.88. The van der Waals surface area contributed by atoms with Crippen LogP contribution >= 0.6 is 11.6 Å². The number of hydrogen-bond acceptors (Lipinski definition) is 4. The van der Waals surface area contributed by atoms with Crippen LogP contribution in [-0.2, 0) is 11.3 Å². The predicted octanol–water partition coefficient (Wildman–Crippen LogP) is 2.93. The summed E-state index contributed by atoms with van der Waals surface area (Å²) in [5.74, 6) is -0.832. The van der Waals surface area contributed by atoms with E-state index >= 15 is 0 Å². The molecule has 6 nitrogen and oxygen atoms in total. The van der Waals surface area contributed by atoms with E-state index in [2.05, 4.69) is 4.99 Å². The van der Waals surface area contributed by atoms with Gasteiger partial charge in [-0.25, -0.2) is 0 Å². The summed E-state index contributed by atoms with van der Waals surface area (Å²) in [7, 11) is 0. The lowest BCUT2D eigenvalue weighted by Crippen LogP contribution is -2.23. The Hall–Kier alpha value is -3.25. The first-order valence-electron chi connectivity index (χ1n) is 8.71. The number of rotatable bonds is 5. The number of nitrogens with two attached hydrogens (primary N) is 1. The largest absolute Gasteiger partial charge is 0.366 e. The van der Waals surface area contributed by atoms with Crippen molar-refractivity contribution in [1.29, 1.82) is 0 Å². The Kier molecular flexibility index (Phi) is 4.57. The molecule has 28 heavy (non-hydrogen) atoms. The van der Waals surface area contributed by atoms with Crippen molar-refractivity contribution in [3.63, 3.8) is 0 Å². The minimum atomic E-state index is -0.615. The fourth-order valence-corrected chi connectivity index (χ4v) is 3.83. The SMILES string of the molecule is NC(=O)c1cccc2c1c1c(n2Cc2ccccc2)C(CC(=O)Cl)=NCC1=O. The van der Waals surface area contributed by atoms with E-state index in [1.807, 2.05) is 41.0 Å². The number of benzene rings is 2. The van der Waals surface area contributed by atoms with Crippen LogP contribution in [0.5, 0.6) is 0 Å². The van der Waals surface area contributed by atoms with Gasteiger partial charge < -0.3 is 10.3 Å². The number of amides is 1. The van der Waals surface area contributed by atoms with Crippen molar-refractivity contribution in [2.24, 2.45) is 10.7 Å². The third kappa shape index (κ3) is 3.01. The average Bonchev–Trinajstić information content (AvgIpc) is 3.00. The van der Waals surface area contributed by atoms with Crippen molar-refractivity contribution in [3.8, 4) is 0 Å². The smallest absolute Gasteiger partial charge is 0.249 e. The zero-order valence-corrected chi connectivity index (χ0v) is 15.6. The fourth-order valence-electron chi connectivity index (χ4n) is 3.70. The van der Waals surface area contributed by atoms with Gasteiger partial charge in [-0.3, -0.25) is 19.4 Å². The zero-order valence-electron chi connectivity index (χ0n) is 14.8. The van der Waals surface area contributed by atoms with Crippen molar-refractivity contribution in [2.45, 2.75) is 13.0 Å². The van der Waals surface area contributed by atoms with Crippen LogP contribution in [0.2, 0.25) is 0 Å². The Bertz CT molecular complexity index is 1160. The second-order valence-corrected chi connectivity index (χ2v) is 7.00. The van der Waals surface area contributed by atoms with E-state index in [4.69, 9.17) is 17.3 Å². The fraction of sp³-hybridized carbons (Fsp3) is 0.143. The van der Waals surface area contributed by atoms with Gasteiger partial charge in [0.15, 0.2) is 5.78 Å². The van der Waals surface area contributed by atoms with Crippen LogP contribution in [0.25, 0.3) is 10.9 Å². The summed E-state index contributed by atoms with van der Waals surface area (Å²) in [6.45, 7) is 0.349. The van der Waals surface area contributed by atoms with E-state index in [1.54, 1.807) is 12.1 Å². The third-order valence-electron chi connectivity index (χ3n) is 4.81. The molecule has 0 fully saturated rings. The number of Topliss-reactive ketones (excluding diaryl/α,β-unsaturated/α-hetero) is 1. The van der Waals surface area contributed by atoms with Gasteiger partial charge in [-0.1, -0.05) is 36.4 Å². The highest BCUT2D eigenvalue weighted by Crippen LogP contribution is 2.33. The molecule has 0 atom stereocenters. The summed E-state index contributed by atoms with van der Waals surface area (Å²) in [5, 5.41) is -0.0638. The van der Waals surface area contributed by atoms with Gasteiger partial charge in [-0.05, 0) is 29.3 Å². The molecule has 7 heteroatoms. The molecule has 1 aromatic heterocycles. The lowest BCUT2D eigenvalue weighted by molar-refractivity contribution is -0.110. The summed E-state index contributed by atoms with van der Waals surface area (Å²) >= 11 is 5.62. The molecule has 2 aromatic carbocycles. The van der Waals surface area contributed by atoms with Gasteiger partial charge in [0.2, 0.25) is 11.1 Å². The van der Waals surface area contributed by atoms with E-state index in [1.165, 1.54) is 0 Å². The zero-order chi connectivity index (χ0) is 19.8. The molecule has 3 aromatic rings. The molecular formula is C21H16ClN3O3. The second kappa shape index (κ2) is 7.05. The van der Waals surface area contributed by atoms with Crippen LogP contribution in [0.3, 0.4) is 0 Å². The van der Waals surface area contributed by atoms with Gasteiger partial charge in [0, 0.05) is 17.5 Å². The Balaban J connectivity index is 2.06. The number of carbonyl (C=O) groups excluding carboxylic acids is 3. The molecule has 1 aliphatic rings. The third-order valence-corrected chi connectivity index (χ3v) is 4.94. The summed E-state index contributed by atoms with van der Waals surface area (Å²) in [6, 6.07) is 14.8. The molecule has 0 spiro atoms. The molecule has 0 saturated carbocycles. The van der Waals surface area contributed by atoms with Gasteiger partial charge in [-0.2, -0.15) is 0 Å². The number of primary amides is 1. The number of ketones is 1. The average molecular weight is 394 g/mol. The van der Waals surface area contributed by atoms with Gasteiger partial charge in [0.05, 0.1) is 28.9 Å². The number of hydrogen-bond donors (Lipinski definition) is 1. The lowest BCUT2D eigenvalue weighted by Gasteiger charge is -2.16. The molecule has 2 N–H and O–H groups in total. The minimum absolute atomic E-state index is 0.0932. The molecule has 0 unspecified atom stereocenters. The molecule has 0 aliphatic carbocycles. The van der Waals surface area contributed by atoms with Crippen molar-refractivity contribution in [2.75, 3.05) is 6.54 Å². The van der Waals surface area contributed by atoms with E-state index in [0.717, 1.165) is 5.56 Å². The van der Waals surface area contributed by atoms with Crippen LogP contribution in [0.1, 0.15) is 38.4 Å². The minimum Gasteiger partial charge on any atom is -0.366 e. The summed E-state index contributed by atoms with van der Waals surface area (Å²) < 4.78 is 1.90. The lowest BCUT2D eigenvalue weighted by atomic mass is 9.97. The summed E-state index contributed by atoms with van der Waals surface area (Å²) in [6.07, 6.45) is -0.0984. The normalized spacial score (nSPS) is 13.3. The van der Waals surface area contributed by atoms with E-state index < -0.39 is 11.1 Å². The van der Waals surface area contributed by atoms with Crippen molar-refractivity contribution in [3.05, 3.63) is 70.9 Å². The molecule has 140 valence electrons. The molecule has 4 rings (SSSR count). The molecule has 2 heterocycles. The number of aliphatic imine (C=N–C) groups is 1. The predicted molar refractivity (Wildman–Crippen MR) is 107 cm³/mol. The number of nitrogens with zero attached hydrogens (tertiary/aromatic N) is 2. The van der Waals surface area contributed by atoms with Crippen LogP contribution in [0.15, 0.2) is 53.5 Å². The molecule has 0 bridgehead atoms. The molecule has 1 amide bonds. The van der Waals surface area contributed by atoms with Crippen molar-refractivity contribution >= 4 is 45.1 Å². The Morgan fingerprint density at radius 3 is 2.54 bits per heavy atom. The van der Waals surface area contributed by atoms with Gasteiger partial charge in [-0.15, -0.1) is 0 Å². The first-order valence-corrected chi connectivity index (χ1v) is 9.09. The maximum atomic E-state index is 12.8. The van der Waals surface area contributed by atoms with E-state index in [0.29, 0.717) is 34.4 Å². The van der Waals surface area contributed by atoms with Crippen molar-refractivity contribution in [1.82, 2.24) is 4.57 Å². The van der Waals surface area contributed by atoms with E-state index in [9.17, 15) is 14.4 Å². The first kappa shape index (κ1) is 18.1. The maximum absolute atomic E-state index is 12.8. The molecule has 0 saturated heterocycles. The van der Waals surface area contributed by atoms with Crippen LogP contribution in [0.4, 0.5) is 0 Å². The monoisotopic (exact) mass is 393 g/mol. The van der Waals surface area contributed by atoms with Gasteiger partial charge in [0.25, 0.3) is 0 Å². The first-order chi connectivity index (χ1) is 13.5.